The minimum absolute atomic E-state index is 0.0211. The van der Waals surface area contributed by atoms with Gasteiger partial charge in [-0.2, -0.15) is 5.10 Å². The third kappa shape index (κ3) is 2.44. The fourth-order valence-electron chi connectivity index (χ4n) is 5.97. The monoisotopic (exact) mass is 373 g/mol. The minimum Gasteiger partial charge on any atom is -0.382 e. The van der Waals surface area contributed by atoms with Crippen molar-refractivity contribution >= 4 is 12.2 Å². The molecule has 1 saturated heterocycles. The molecular formula is C20H31N5O2. The Labute approximate surface area is 161 Å². The topological polar surface area (TPSA) is 87.0 Å². The van der Waals surface area contributed by atoms with Crippen molar-refractivity contribution in [3.05, 3.63) is 17.0 Å². The Morgan fingerprint density at radius 1 is 1.26 bits per heavy atom. The molecule has 2 heterocycles. The number of hydrogen-bond donors (Lipinski definition) is 1. The van der Waals surface area contributed by atoms with Gasteiger partial charge in [0.15, 0.2) is 11.6 Å². The summed E-state index contributed by atoms with van der Waals surface area (Å²) in [4.78, 5) is 8.19. The second kappa shape index (κ2) is 6.14. The first-order chi connectivity index (χ1) is 12.8. The van der Waals surface area contributed by atoms with Crippen LogP contribution in [0.3, 0.4) is 0 Å². The molecule has 148 valence electrons. The molecule has 7 nitrogen and oxygen atoms in total. The number of rotatable bonds is 2. The van der Waals surface area contributed by atoms with Crippen molar-refractivity contribution in [2.24, 2.45) is 34.1 Å². The predicted octanol–water partition coefficient (Wildman–Crippen LogP) is 2.17. The van der Waals surface area contributed by atoms with Gasteiger partial charge < -0.3 is 15.2 Å². The zero-order valence-electron chi connectivity index (χ0n) is 17.1. The normalized spacial score (nSPS) is 32.0. The van der Waals surface area contributed by atoms with Crippen molar-refractivity contribution in [3.63, 3.8) is 0 Å². The summed E-state index contributed by atoms with van der Waals surface area (Å²) in [5.41, 5.74) is 9.50. The molecule has 2 N–H and O–H groups in total. The molecule has 1 aromatic rings. The van der Waals surface area contributed by atoms with E-state index in [1.807, 2.05) is 11.7 Å². The van der Waals surface area contributed by atoms with Crippen LogP contribution in [0.4, 0.5) is 0 Å². The largest absolute Gasteiger partial charge is 0.382 e. The quantitative estimate of drug-likeness (QED) is 0.636. The molecule has 0 radical (unpaired) electrons. The molecule has 1 unspecified atom stereocenters. The van der Waals surface area contributed by atoms with E-state index < -0.39 is 5.79 Å². The van der Waals surface area contributed by atoms with Crippen LogP contribution in [0.15, 0.2) is 9.98 Å². The van der Waals surface area contributed by atoms with Gasteiger partial charge in [-0.15, -0.1) is 0 Å². The highest BCUT2D eigenvalue weighted by molar-refractivity contribution is 6.01. The van der Waals surface area contributed by atoms with E-state index in [0.717, 1.165) is 31.4 Å². The van der Waals surface area contributed by atoms with E-state index in [9.17, 15) is 0 Å². The molecule has 7 heteroatoms. The number of hydrogen-bond acceptors (Lipinski definition) is 4. The molecule has 27 heavy (non-hydrogen) atoms. The molecular weight excluding hydrogens is 342 g/mol. The zero-order chi connectivity index (χ0) is 19.4. The summed E-state index contributed by atoms with van der Waals surface area (Å²) in [6, 6.07) is 0. The highest BCUT2D eigenvalue weighted by atomic mass is 16.7. The van der Waals surface area contributed by atoms with Gasteiger partial charge in [-0.1, -0.05) is 20.8 Å². The second-order valence-corrected chi connectivity index (χ2v) is 8.87. The lowest BCUT2D eigenvalue weighted by atomic mass is 9.49. The van der Waals surface area contributed by atoms with Gasteiger partial charge in [0.25, 0.3) is 0 Å². The lowest BCUT2D eigenvalue weighted by Crippen LogP contribution is -2.61. The van der Waals surface area contributed by atoms with Gasteiger partial charge >= 0.3 is 0 Å². The molecule has 2 aliphatic carbocycles. The molecule has 2 atom stereocenters. The number of nitrogens with two attached hydrogens (primary N) is 1. The molecule has 0 aromatic carbocycles. The van der Waals surface area contributed by atoms with E-state index in [2.05, 4.69) is 30.8 Å². The van der Waals surface area contributed by atoms with Gasteiger partial charge in [-0.05, 0) is 25.2 Å². The summed E-state index contributed by atoms with van der Waals surface area (Å²) in [6.45, 7) is 8.36. The maximum Gasteiger partial charge on any atom is 0.173 e. The number of ether oxygens (including phenoxy) is 2. The van der Waals surface area contributed by atoms with Gasteiger partial charge in [-0.3, -0.25) is 9.67 Å². The Hall–Kier alpha value is -1.73. The molecule has 1 saturated carbocycles. The van der Waals surface area contributed by atoms with Gasteiger partial charge in [0.1, 0.15) is 12.0 Å². The Kier molecular flexibility index (Phi) is 4.23. The smallest absolute Gasteiger partial charge is 0.173 e. The van der Waals surface area contributed by atoms with Crippen molar-refractivity contribution in [2.45, 2.75) is 57.7 Å². The van der Waals surface area contributed by atoms with Crippen LogP contribution in [0.5, 0.6) is 0 Å². The fraction of sp³-hybridized carbons (Fsp3) is 0.750. The standard InChI is InChI=1S/C20H31N5O2/c1-18(2)14-7-6-13-15(17(21)23-12-22-4)25(5)24-16(13)19(14,3)8-9-20(18)26-10-11-27-20/h12,14H,6-11H2,1-5H3,(H2,21,22,23)/t14-,19?/m0/s1. The summed E-state index contributed by atoms with van der Waals surface area (Å²) >= 11 is 0. The Bertz CT molecular complexity index is 804. The first-order valence-corrected chi connectivity index (χ1v) is 9.85. The Morgan fingerprint density at radius 2 is 1.96 bits per heavy atom. The lowest BCUT2D eigenvalue weighted by Gasteiger charge is -2.59. The fourth-order valence-corrected chi connectivity index (χ4v) is 5.97. The number of amidine groups is 1. The van der Waals surface area contributed by atoms with E-state index >= 15 is 0 Å². The van der Waals surface area contributed by atoms with Crippen LogP contribution in [0.2, 0.25) is 0 Å². The average Bonchev–Trinajstić information content (AvgIpc) is 3.23. The van der Waals surface area contributed by atoms with E-state index in [-0.39, 0.29) is 10.8 Å². The summed E-state index contributed by atoms with van der Waals surface area (Å²) < 4.78 is 14.3. The third-order valence-corrected chi connectivity index (χ3v) is 7.27. The average molecular weight is 374 g/mol. The van der Waals surface area contributed by atoms with Crippen LogP contribution in [0.1, 0.15) is 57.0 Å². The molecule has 2 fully saturated rings. The van der Waals surface area contributed by atoms with Crippen LogP contribution in [-0.2, 0) is 28.4 Å². The van der Waals surface area contributed by atoms with Gasteiger partial charge in [0, 0.05) is 36.9 Å². The van der Waals surface area contributed by atoms with Crippen LogP contribution >= 0.6 is 0 Å². The first-order valence-electron chi connectivity index (χ1n) is 9.85. The van der Waals surface area contributed by atoms with Gasteiger partial charge in [-0.25, -0.2) is 4.99 Å². The number of aromatic nitrogens is 2. The van der Waals surface area contributed by atoms with Crippen molar-refractivity contribution < 1.29 is 9.47 Å². The van der Waals surface area contributed by atoms with Crippen molar-refractivity contribution in [1.82, 2.24) is 9.78 Å². The number of fused-ring (bicyclic) bond motifs is 3. The van der Waals surface area contributed by atoms with E-state index in [4.69, 9.17) is 20.3 Å². The molecule has 3 aliphatic rings. The van der Waals surface area contributed by atoms with Crippen molar-refractivity contribution in [3.8, 4) is 0 Å². The summed E-state index contributed by atoms with van der Waals surface area (Å²) in [5.74, 6) is 0.458. The predicted molar refractivity (Wildman–Crippen MR) is 105 cm³/mol. The highest BCUT2D eigenvalue weighted by Crippen LogP contribution is 2.62. The molecule has 1 spiro atoms. The van der Waals surface area contributed by atoms with E-state index in [0.29, 0.717) is 25.0 Å². The maximum absolute atomic E-state index is 6.27. The number of aryl methyl sites for hydroxylation is 1. The van der Waals surface area contributed by atoms with Crippen molar-refractivity contribution in [1.29, 1.82) is 0 Å². The molecule has 0 bridgehead atoms. The first kappa shape index (κ1) is 18.6. The van der Waals surface area contributed by atoms with Crippen LogP contribution in [-0.4, -0.2) is 48.0 Å². The van der Waals surface area contributed by atoms with E-state index in [1.54, 1.807) is 7.05 Å². The van der Waals surface area contributed by atoms with Crippen LogP contribution in [0, 0.1) is 11.3 Å². The molecule has 1 aromatic heterocycles. The Balaban J connectivity index is 1.79. The SMILES string of the molecule is CN=CN=C(N)c1c2c(nn1C)C1(C)CCC3(OCCO3)C(C)(C)[C@@H]1CC2. The summed E-state index contributed by atoms with van der Waals surface area (Å²) in [7, 11) is 3.64. The van der Waals surface area contributed by atoms with Gasteiger partial charge in [0.05, 0.1) is 18.9 Å². The molecule has 0 amide bonds. The molecule has 1 aliphatic heterocycles. The molecule has 4 rings (SSSR count). The van der Waals surface area contributed by atoms with Crippen molar-refractivity contribution in [2.75, 3.05) is 20.3 Å². The van der Waals surface area contributed by atoms with Crippen LogP contribution < -0.4 is 5.73 Å². The lowest BCUT2D eigenvalue weighted by molar-refractivity contribution is -0.276. The van der Waals surface area contributed by atoms with Gasteiger partial charge in [0.2, 0.25) is 0 Å². The summed E-state index contributed by atoms with van der Waals surface area (Å²) in [6.07, 6.45) is 5.39. The second-order valence-electron chi connectivity index (χ2n) is 8.87. The Morgan fingerprint density at radius 3 is 2.63 bits per heavy atom. The van der Waals surface area contributed by atoms with Crippen LogP contribution in [0.25, 0.3) is 0 Å². The number of aliphatic imine (C=N–C) groups is 2. The number of nitrogens with zero attached hydrogens (tertiary/aromatic N) is 4. The third-order valence-electron chi connectivity index (χ3n) is 7.27. The zero-order valence-corrected chi connectivity index (χ0v) is 17.1. The minimum atomic E-state index is -0.454. The summed E-state index contributed by atoms with van der Waals surface area (Å²) in [5, 5.41) is 4.95. The van der Waals surface area contributed by atoms with E-state index in [1.165, 1.54) is 17.6 Å². The maximum atomic E-state index is 6.27. The highest BCUT2D eigenvalue weighted by Gasteiger charge is 2.64.